The van der Waals surface area contributed by atoms with Crippen molar-refractivity contribution in [2.24, 2.45) is 0 Å². The van der Waals surface area contributed by atoms with Crippen LogP contribution in [0.1, 0.15) is 6.42 Å². The lowest BCUT2D eigenvalue weighted by Crippen LogP contribution is -2.60. The van der Waals surface area contributed by atoms with Crippen molar-refractivity contribution in [1.29, 1.82) is 0 Å². The van der Waals surface area contributed by atoms with Gasteiger partial charge in [-0.05, 0) is 18.6 Å². The Morgan fingerprint density at radius 1 is 1.29 bits per heavy atom. The number of fused-ring (bicyclic) bond motifs is 2. The first-order chi connectivity index (χ1) is 10.3. The van der Waals surface area contributed by atoms with Crippen LogP contribution in [0.25, 0.3) is 11.0 Å². The summed E-state index contributed by atoms with van der Waals surface area (Å²) in [6.07, 6.45) is 2.81. The summed E-state index contributed by atoms with van der Waals surface area (Å²) in [6, 6.07) is 7.87. The normalized spacial score (nSPS) is 25.5. The number of carbonyl (C=O) groups is 1. The van der Waals surface area contributed by atoms with Gasteiger partial charge in [0, 0.05) is 13.1 Å². The number of carbonyl (C=O) groups excluding carboxylic acids is 1. The Labute approximate surface area is 122 Å². The molecule has 108 valence electrons. The van der Waals surface area contributed by atoms with Crippen LogP contribution in [-0.2, 0) is 9.53 Å². The van der Waals surface area contributed by atoms with Gasteiger partial charge in [0.1, 0.15) is 12.4 Å². The first-order valence-electron chi connectivity index (χ1n) is 7.17. The molecule has 1 aromatic heterocycles. The predicted molar refractivity (Wildman–Crippen MR) is 78.0 cm³/mol. The third-order valence-electron chi connectivity index (χ3n) is 4.08. The van der Waals surface area contributed by atoms with Crippen LogP contribution >= 0.6 is 0 Å². The Hall–Kier alpha value is -2.21. The molecule has 21 heavy (non-hydrogen) atoms. The Kier molecular flexibility index (Phi) is 2.96. The van der Waals surface area contributed by atoms with E-state index in [9.17, 15) is 4.79 Å². The van der Waals surface area contributed by atoms with E-state index < -0.39 is 0 Å². The molecule has 2 fully saturated rings. The van der Waals surface area contributed by atoms with Gasteiger partial charge in [-0.25, -0.2) is 4.98 Å². The van der Waals surface area contributed by atoms with E-state index in [1.54, 1.807) is 6.20 Å². The Morgan fingerprint density at radius 3 is 3.05 bits per heavy atom. The zero-order chi connectivity index (χ0) is 14.2. The first kappa shape index (κ1) is 12.5. The number of amides is 1. The number of benzene rings is 1. The highest BCUT2D eigenvalue weighted by Gasteiger charge is 2.35. The molecule has 6 heteroatoms. The number of para-hydroxylation sites is 2. The molecule has 0 bridgehead atoms. The van der Waals surface area contributed by atoms with Crippen molar-refractivity contribution < 1.29 is 9.53 Å². The summed E-state index contributed by atoms with van der Waals surface area (Å²) in [6.45, 7) is 1.75. The predicted octanol–water partition coefficient (Wildman–Crippen LogP) is 0.723. The van der Waals surface area contributed by atoms with Gasteiger partial charge in [-0.15, -0.1) is 0 Å². The second kappa shape index (κ2) is 4.96. The number of hydrogen-bond donors (Lipinski definition) is 1. The van der Waals surface area contributed by atoms with Gasteiger partial charge in [0.05, 0.1) is 29.4 Å². The lowest BCUT2D eigenvalue weighted by molar-refractivity contribution is -0.137. The van der Waals surface area contributed by atoms with Gasteiger partial charge in [-0.1, -0.05) is 12.1 Å². The number of ether oxygens (including phenoxy) is 1. The fourth-order valence-corrected chi connectivity index (χ4v) is 3.01. The lowest BCUT2D eigenvalue weighted by atomic mass is 10.0. The molecule has 0 spiro atoms. The van der Waals surface area contributed by atoms with E-state index in [0.29, 0.717) is 6.54 Å². The minimum Gasteiger partial charge on any atom is -0.366 e. The van der Waals surface area contributed by atoms with Crippen LogP contribution in [0.5, 0.6) is 0 Å². The van der Waals surface area contributed by atoms with Crippen LogP contribution in [0.4, 0.5) is 5.82 Å². The van der Waals surface area contributed by atoms with Gasteiger partial charge in [0.25, 0.3) is 0 Å². The number of rotatable bonds is 1. The van der Waals surface area contributed by atoms with E-state index in [-0.39, 0.29) is 24.7 Å². The molecule has 1 amide bonds. The summed E-state index contributed by atoms with van der Waals surface area (Å²) in [7, 11) is 0. The minimum atomic E-state index is -0.0392. The summed E-state index contributed by atoms with van der Waals surface area (Å²) in [5.41, 5.74) is 1.78. The van der Waals surface area contributed by atoms with Gasteiger partial charge in [0.15, 0.2) is 0 Å². The van der Waals surface area contributed by atoms with E-state index >= 15 is 0 Å². The first-order valence-corrected chi connectivity index (χ1v) is 7.17. The molecule has 2 saturated heterocycles. The maximum absolute atomic E-state index is 11.5. The quantitative estimate of drug-likeness (QED) is 0.836. The highest BCUT2D eigenvalue weighted by atomic mass is 16.5. The second-order valence-electron chi connectivity index (χ2n) is 5.48. The zero-order valence-corrected chi connectivity index (χ0v) is 11.5. The molecule has 2 aliphatic rings. The molecule has 4 rings (SSSR count). The zero-order valence-electron chi connectivity index (χ0n) is 11.5. The number of nitrogens with zero attached hydrogens (tertiary/aromatic N) is 3. The summed E-state index contributed by atoms with van der Waals surface area (Å²) >= 11 is 0. The lowest BCUT2D eigenvalue weighted by Gasteiger charge is -2.41. The van der Waals surface area contributed by atoms with Gasteiger partial charge >= 0.3 is 0 Å². The average molecular weight is 284 g/mol. The van der Waals surface area contributed by atoms with Gasteiger partial charge < -0.3 is 15.0 Å². The van der Waals surface area contributed by atoms with Gasteiger partial charge in [-0.3, -0.25) is 9.78 Å². The van der Waals surface area contributed by atoms with Crippen LogP contribution in [0.3, 0.4) is 0 Å². The monoisotopic (exact) mass is 284 g/mol. The number of hydrogen-bond acceptors (Lipinski definition) is 5. The van der Waals surface area contributed by atoms with E-state index in [4.69, 9.17) is 4.74 Å². The highest BCUT2D eigenvalue weighted by molar-refractivity contribution is 5.78. The molecule has 3 heterocycles. The SMILES string of the molecule is O=C1CO[C@@H]2CCN(c3cnc4ccccc4n3)C[C@@H]2N1. The number of morpholine rings is 1. The molecule has 2 aliphatic heterocycles. The average Bonchev–Trinajstić information content (AvgIpc) is 2.53. The standard InChI is InChI=1S/C15H16N4O2/c20-15-9-21-13-5-6-19(8-12(13)18-15)14-7-16-10-3-1-2-4-11(10)17-14/h1-4,7,12-13H,5-6,8-9H2,(H,18,20)/t12-,13+/m0/s1. The largest absolute Gasteiger partial charge is 0.366 e. The number of piperidine rings is 1. The molecule has 1 aromatic carbocycles. The van der Waals surface area contributed by atoms with Crippen molar-refractivity contribution in [2.75, 3.05) is 24.6 Å². The molecule has 2 aromatic rings. The van der Waals surface area contributed by atoms with Crippen molar-refractivity contribution in [3.8, 4) is 0 Å². The van der Waals surface area contributed by atoms with E-state index in [2.05, 4.69) is 20.2 Å². The molecule has 6 nitrogen and oxygen atoms in total. The number of nitrogens with one attached hydrogen (secondary N) is 1. The molecule has 2 atom stereocenters. The number of anilines is 1. The minimum absolute atomic E-state index is 0.0354. The third-order valence-corrected chi connectivity index (χ3v) is 4.08. The Balaban J connectivity index is 1.59. The molecular weight excluding hydrogens is 268 g/mol. The Morgan fingerprint density at radius 2 is 2.14 bits per heavy atom. The fourth-order valence-electron chi connectivity index (χ4n) is 3.01. The van der Waals surface area contributed by atoms with Gasteiger partial charge in [0.2, 0.25) is 5.91 Å². The molecular formula is C15H16N4O2. The summed E-state index contributed by atoms with van der Waals surface area (Å²) < 4.78 is 5.57. The number of aromatic nitrogens is 2. The molecule has 0 saturated carbocycles. The van der Waals surface area contributed by atoms with Crippen molar-refractivity contribution >= 4 is 22.8 Å². The topological polar surface area (TPSA) is 67.3 Å². The van der Waals surface area contributed by atoms with Crippen LogP contribution in [-0.4, -0.2) is 47.7 Å². The van der Waals surface area contributed by atoms with Crippen molar-refractivity contribution in [3.63, 3.8) is 0 Å². The van der Waals surface area contributed by atoms with E-state index in [1.165, 1.54) is 0 Å². The Bertz CT molecular complexity index is 690. The second-order valence-corrected chi connectivity index (χ2v) is 5.48. The summed E-state index contributed by atoms with van der Waals surface area (Å²) in [5, 5.41) is 3.00. The fraction of sp³-hybridized carbons (Fsp3) is 0.400. The summed E-state index contributed by atoms with van der Waals surface area (Å²) in [5.74, 6) is 0.815. The van der Waals surface area contributed by atoms with Crippen LogP contribution in [0.2, 0.25) is 0 Å². The highest BCUT2D eigenvalue weighted by Crippen LogP contribution is 2.22. The van der Waals surface area contributed by atoms with E-state index in [1.807, 2.05) is 24.3 Å². The van der Waals surface area contributed by atoms with E-state index in [0.717, 1.165) is 29.8 Å². The van der Waals surface area contributed by atoms with Crippen LogP contribution in [0, 0.1) is 0 Å². The maximum atomic E-state index is 11.5. The molecule has 0 radical (unpaired) electrons. The maximum Gasteiger partial charge on any atom is 0.246 e. The van der Waals surface area contributed by atoms with Gasteiger partial charge in [-0.2, -0.15) is 0 Å². The molecule has 0 unspecified atom stereocenters. The van der Waals surface area contributed by atoms with Crippen molar-refractivity contribution in [3.05, 3.63) is 30.5 Å². The third kappa shape index (κ3) is 2.31. The van der Waals surface area contributed by atoms with Crippen molar-refractivity contribution in [1.82, 2.24) is 15.3 Å². The molecule has 1 N–H and O–H groups in total. The van der Waals surface area contributed by atoms with Crippen LogP contribution < -0.4 is 10.2 Å². The van der Waals surface area contributed by atoms with Crippen LogP contribution in [0.15, 0.2) is 30.5 Å². The molecule has 0 aliphatic carbocycles. The smallest absolute Gasteiger partial charge is 0.246 e. The summed E-state index contributed by atoms with van der Waals surface area (Å²) in [4.78, 5) is 22.7. The van der Waals surface area contributed by atoms with Crippen molar-refractivity contribution in [2.45, 2.75) is 18.6 Å².